The van der Waals surface area contributed by atoms with Crippen LogP contribution in [0.25, 0.3) is 0 Å². The van der Waals surface area contributed by atoms with Gasteiger partial charge in [-0.25, -0.2) is 0 Å². The lowest BCUT2D eigenvalue weighted by molar-refractivity contribution is -0.142. The van der Waals surface area contributed by atoms with E-state index in [0.717, 1.165) is 39.1 Å². The molecule has 0 saturated carbocycles. The zero-order valence-electron chi connectivity index (χ0n) is 10.8. The summed E-state index contributed by atoms with van der Waals surface area (Å²) >= 11 is 0. The molecule has 0 aromatic heterocycles. The SMILES string of the molecule is CC1CN(CCCC(C)(N)C(=O)O)CCCO1. The van der Waals surface area contributed by atoms with Gasteiger partial charge in [0.1, 0.15) is 5.54 Å². The number of nitrogens with zero attached hydrogens (tertiary/aromatic N) is 1. The summed E-state index contributed by atoms with van der Waals surface area (Å²) in [6.07, 6.45) is 2.63. The molecule has 1 rings (SSSR count). The molecule has 100 valence electrons. The molecule has 1 saturated heterocycles. The van der Waals surface area contributed by atoms with Crippen LogP contribution in [0.2, 0.25) is 0 Å². The van der Waals surface area contributed by atoms with Gasteiger partial charge in [0.25, 0.3) is 0 Å². The average Bonchev–Trinajstić information content (AvgIpc) is 2.42. The first kappa shape index (κ1) is 14.4. The molecule has 0 amide bonds. The number of carboxylic acids is 1. The lowest BCUT2D eigenvalue weighted by atomic mass is 9.97. The maximum atomic E-state index is 10.9. The van der Waals surface area contributed by atoms with Crippen LogP contribution in [0.5, 0.6) is 0 Å². The first-order valence-corrected chi connectivity index (χ1v) is 6.28. The van der Waals surface area contributed by atoms with E-state index in [1.807, 2.05) is 0 Å². The Bertz CT molecular complexity index is 256. The zero-order valence-corrected chi connectivity index (χ0v) is 10.8. The van der Waals surface area contributed by atoms with Crippen molar-refractivity contribution in [3.05, 3.63) is 0 Å². The van der Waals surface area contributed by atoms with Crippen molar-refractivity contribution < 1.29 is 14.6 Å². The highest BCUT2D eigenvalue weighted by molar-refractivity contribution is 5.77. The lowest BCUT2D eigenvalue weighted by Crippen LogP contribution is -2.45. The molecular weight excluding hydrogens is 220 g/mol. The van der Waals surface area contributed by atoms with Gasteiger partial charge in [0, 0.05) is 19.7 Å². The highest BCUT2D eigenvalue weighted by atomic mass is 16.5. The van der Waals surface area contributed by atoms with E-state index in [-0.39, 0.29) is 6.10 Å². The van der Waals surface area contributed by atoms with E-state index in [1.165, 1.54) is 0 Å². The second-order valence-corrected chi connectivity index (χ2v) is 5.16. The van der Waals surface area contributed by atoms with Gasteiger partial charge in [-0.2, -0.15) is 0 Å². The Balaban J connectivity index is 2.28. The molecule has 3 N–H and O–H groups in total. The Morgan fingerprint density at radius 3 is 3.00 bits per heavy atom. The fourth-order valence-corrected chi connectivity index (χ4v) is 2.06. The largest absolute Gasteiger partial charge is 0.480 e. The smallest absolute Gasteiger partial charge is 0.323 e. The number of hydrogen-bond acceptors (Lipinski definition) is 4. The van der Waals surface area contributed by atoms with Crippen LogP contribution in [0.1, 0.15) is 33.1 Å². The topological polar surface area (TPSA) is 75.8 Å². The van der Waals surface area contributed by atoms with Gasteiger partial charge in [0.2, 0.25) is 0 Å². The van der Waals surface area contributed by atoms with Crippen molar-refractivity contribution >= 4 is 5.97 Å². The maximum Gasteiger partial charge on any atom is 0.323 e. The Kier molecular flexibility index (Phi) is 5.36. The molecule has 1 fully saturated rings. The summed E-state index contributed by atoms with van der Waals surface area (Å²) < 4.78 is 5.56. The Morgan fingerprint density at radius 2 is 2.35 bits per heavy atom. The van der Waals surface area contributed by atoms with Crippen molar-refractivity contribution in [3.63, 3.8) is 0 Å². The van der Waals surface area contributed by atoms with Crippen LogP contribution < -0.4 is 5.73 Å². The van der Waals surface area contributed by atoms with Crippen molar-refractivity contribution in [1.29, 1.82) is 0 Å². The number of carboxylic acid groups (broad SMARTS) is 1. The predicted molar refractivity (Wildman–Crippen MR) is 65.9 cm³/mol. The molecule has 0 aromatic rings. The van der Waals surface area contributed by atoms with E-state index in [9.17, 15) is 4.79 Å². The lowest BCUT2D eigenvalue weighted by Gasteiger charge is -2.24. The molecule has 5 heteroatoms. The van der Waals surface area contributed by atoms with Gasteiger partial charge in [-0.05, 0) is 39.7 Å². The first-order chi connectivity index (χ1) is 7.92. The third-order valence-electron chi connectivity index (χ3n) is 3.20. The fourth-order valence-electron chi connectivity index (χ4n) is 2.06. The summed E-state index contributed by atoms with van der Waals surface area (Å²) in [5.41, 5.74) is 4.59. The number of rotatable bonds is 5. The molecule has 5 nitrogen and oxygen atoms in total. The summed E-state index contributed by atoms with van der Waals surface area (Å²) in [6.45, 7) is 7.31. The molecule has 0 radical (unpaired) electrons. The van der Waals surface area contributed by atoms with Crippen LogP contribution >= 0.6 is 0 Å². The number of hydrogen-bond donors (Lipinski definition) is 2. The molecule has 0 aliphatic carbocycles. The van der Waals surface area contributed by atoms with Crippen molar-refractivity contribution in [1.82, 2.24) is 4.90 Å². The first-order valence-electron chi connectivity index (χ1n) is 6.28. The van der Waals surface area contributed by atoms with Crippen LogP contribution in [0, 0.1) is 0 Å². The van der Waals surface area contributed by atoms with E-state index in [1.54, 1.807) is 6.92 Å². The fraction of sp³-hybridized carbons (Fsp3) is 0.917. The number of ether oxygens (including phenoxy) is 1. The second kappa shape index (κ2) is 6.33. The molecule has 1 heterocycles. The monoisotopic (exact) mass is 244 g/mol. The minimum atomic E-state index is -1.10. The Morgan fingerprint density at radius 1 is 1.65 bits per heavy atom. The van der Waals surface area contributed by atoms with Gasteiger partial charge in [-0.1, -0.05) is 0 Å². The summed E-state index contributed by atoms with van der Waals surface area (Å²) in [4.78, 5) is 13.2. The van der Waals surface area contributed by atoms with Gasteiger partial charge in [0.05, 0.1) is 6.10 Å². The minimum Gasteiger partial charge on any atom is -0.480 e. The third kappa shape index (κ3) is 5.02. The second-order valence-electron chi connectivity index (χ2n) is 5.16. The maximum absolute atomic E-state index is 10.9. The number of carbonyl (C=O) groups is 1. The summed E-state index contributed by atoms with van der Waals surface area (Å²) in [6, 6.07) is 0. The quantitative estimate of drug-likeness (QED) is 0.744. The predicted octanol–water partition coefficient (Wildman–Crippen LogP) is 0.679. The number of aliphatic carboxylic acids is 1. The van der Waals surface area contributed by atoms with E-state index in [0.29, 0.717) is 6.42 Å². The molecule has 2 unspecified atom stereocenters. The summed E-state index contributed by atoms with van der Waals surface area (Å²) in [5, 5.41) is 8.91. The third-order valence-corrected chi connectivity index (χ3v) is 3.20. The molecule has 1 aliphatic rings. The van der Waals surface area contributed by atoms with Crippen molar-refractivity contribution in [2.45, 2.75) is 44.8 Å². The van der Waals surface area contributed by atoms with Gasteiger partial charge in [-0.15, -0.1) is 0 Å². The van der Waals surface area contributed by atoms with E-state index in [4.69, 9.17) is 15.6 Å². The highest BCUT2D eigenvalue weighted by Crippen LogP contribution is 2.12. The van der Waals surface area contributed by atoms with Crippen LogP contribution in [-0.4, -0.2) is 53.9 Å². The van der Waals surface area contributed by atoms with Crippen molar-refractivity contribution in [2.24, 2.45) is 5.73 Å². The summed E-state index contributed by atoms with van der Waals surface area (Å²) in [5.74, 6) is -0.926. The molecule has 2 atom stereocenters. The molecule has 0 bridgehead atoms. The Labute approximate surface area is 103 Å². The van der Waals surface area contributed by atoms with Crippen LogP contribution in [0.3, 0.4) is 0 Å². The van der Waals surface area contributed by atoms with Crippen LogP contribution in [0.15, 0.2) is 0 Å². The van der Waals surface area contributed by atoms with E-state index in [2.05, 4.69) is 11.8 Å². The van der Waals surface area contributed by atoms with E-state index >= 15 is 0 Å². The molecule has 1 aliphatic heterocycles. The minimum absolute atomic E-state index is 0.265. The van der Waals surface area contributed by atoms with Crippen molar-refractivity contribution in [3.8, 4) is 0 Å². The summed E-state index contributed by atoms with van der Waals surface area (Å²) in [7, 11) is 0. The molecule has 17 heavy (non-hydrogen) atoms. The van der Waals surface area contributed by atoms with Gasteiger partial charge >= 0.3 is 5.97 Å². The molecule has 0 aromatic carbocycles. The van der Waals surface area contributed by atoms with Gasteiger partial charge < -0.3 is 20.5 Å². The van der Waals surface area contributed by atoms with Crippen LogP contribution in [0.4, 0.5) is 0 Å². The van der Waals surface area contributed by atoms with E-state index < -0.39 is 11.5 Å². The normalized spacial score (nSPS) is 26.2. The number of nitrogens with two attached hydrogens (primary N) is 1. The van der Waals surface area contributed by atoms with Crippen LogP contribution in [-0.2, 0) is 9.53 Å². The zero-order chi connectivity index (χ0) is 12.9. The Hall–Kier alpha value is -0.650. The van der Waals surface area contributed by atoms with Gasteiger partial charge in [0.15, 0.2) is 0 Å². The van der Waals surface area contributed by atoms with Crippen molar-refractivity contribution in [2.75, 3.05) is 26.2 Å². The van der Waals surface area contributed by atoms with Gasteiger partial charge in [-0.3, -0.25) is 4.79 Å². The average molecular weight is 244 g/mol. The molecular formula is C12H24N2O3. The highest BCUT2D eigenvalue weighted by Gasteiger charge is 2.27. The standard InChI is InChI=1S/C12H24N2O3/c1-10-9-14(7-4-8-17-10)6-3-5-12(2,13)11(15)16/h10H,3-9,13H2,1-2H3,(H,15,16). The molecule has 0 spiro atoms.